The van der Waals surface area contributed by atoms with E-state index in [0.29, 0.717) is 16.8 Å². The molecule has 0 radical (unpaired) electrons. The molecule has 0 aliphatic heterocycles. The van der Waals surface area contributed by atoms with Gasteiger partial charge in [-0.05, 0) is 29.5 Å². The van der Waals surface area contributed by atoms with Crippen LogP contribution in [-0.2, 0) is 11.3 Å². The van der Waals surface area contributed by atoms with E-state index in [-0.39, 0.29) is 24.1 Å². The zero-order valence-corrected chi connectivity index (χ0v) is 15.8. The largest absolute Gasteiger partial charge is 0.347 e. The number of nitrogens with one attached hydrogen (secondary N) is 1. The zero-order valence-electron chi connectivity index (χ0n) is 15.0. The summed E-state index contributed by atoms with van der Waals surface area (Å²) in [7, 11) is 0. The molecule has 0 aliphatic rings. The van der Waals surface area contributed by atoms with Crippen LogP contribution < -0.4 is 10.9 Å². The molecule has 3 rings (SSSR count). The van der Waals surface area contributed by atoms with Crippen LogP contribution in [0, 0.1) is 5.92 Å². The highest BCUT2D eigenvalue weighted by atomic mass is 32.1. The topological polar surface area (TPSA) is 64.0 Å². The molecule has 0 spiro atoms. The Labute approximate surface area is 156 Å². The van der Waals surface area contributed by atoms with E-state index in [2.05, 4.69) is 30.2 Å². The number of aromatic nitrogens is 2. The van der Waals surface area contributed by atoms with Gasteiger partial charge >= 0.3 is 0 Å². The SMILES string of the molecule is CCC(CC)[C@@H](NC(=O)Cn1cnc2ccccc2c1=O)c1cccs1. The van der Waals surface area contributed by atoms with Crippen molar-refractivity contribution in [2.45, 2.75) is 39.3 Å². The number of fused-ring (bicyclic) bond motifs is 1. The molecule has 2 heterocycles. The maximum Gasteiger partial charge on any atom is 0.261 e. The molecule has 5 nitrogen and oxygen atoms in total. The second-order valence-corrected chi connectivity index (χ2v) is 7.31. The molecule has 0 fully saturated rings. The fraction of sp³-hybridized carbons (Fsp3) is 0.350. The average Bonchev–Trinajstić information content (AvgIpc) is 3.19. The molecule has 6 heteroatoms. The highest BCUT2D eigenvalue weighted by Crippen LogP contribution is 2.30. The quantitative estimate of drug-likeness (QED) is 0.690. The van der Waals surface area contributed by atoms with Crippen molar-refractivity contribution < 1.29 is 4.79 Å². The summed E-state index contributed by atoms with van der Waals surface area (Å²) in [5.74, 6) is 0.193. The summed E-state index contributed by atoms with van der Waals surface area (Å²) >= 11 is 1.65. The Hall–Kier alpha value is -2.47. The van der Waals surface area contributed by atoms with E-state index >= 15 is 0 Å². The third-order valence-electron chi connectivity index (χ3n) is 4.73. The molecule has 0 saturated heterocycles. The third-order valence-corrected chi connectivity index (χ3v) is 5.69. The summed E-state index contributed by atoms with van der Waals surface area (Å²) in [4.78, 5) is 30.6. The molecule has 2 aromatic heterocycles. The molecule has 1 amide bonds. The van der Waals surface area contributed by atoms with E-state index < -0.39 is 0 Å². The molecule has 1 atom stereocenters. The highest BCUT2D eigenvalue weighted by Gasteiger charge is 2.23. The van der Waals surface area contributed by atoms with Crippen molar-refractivity contribution in [2.75, 3.05) is 0 Å². The van der Waals surface area contributed by atoms with Crippen LogP contribution >= 0.6 is 11.3 Å². The lowest BCUT2D eigenvalue weighted by molar-refractivity contribution is -0.122. The molecular weight excluding hydrogens is 346 g/mol. The van der Waals surface area contributed by atoms with E-state index in [1.165, 1.54) is 10.9 Å². The molecule has 3 aromatic rings. The number of hydrogen-bond donors (Lipinski definition) is 1. The Balaban J connectivity index is 1.81. The van der Waals surface area contributed by atoms with Crippen LogP contribution in [0.3, 0.4) is 0 Å². The molecule has 0 saturated carbocycles. The number of carbonyl (C=O) groups is 1. The first-order chi connectivity index (χ1) is 12.6. The average molecular weight is 369 g/mol. The minimum atomic E-state index is -0.194. The molecule has 0 bridgehead atoms. The fourth-order valence-electron chi connectivity index (χ4n) is 3.24. The Bertz CT molecular complexity index is 930. The fourth-order valence-corrected chi connectivity index (χ4v) is 4.11. The standard InChI is InChI=1S/C20H23N3O2S/c1-3-14(4-2)19(17-10-7-11-26-17)22-18(24)12-23-13-21-16-9-6-5-8-15(16)20(23)25/h5-11,13-14,19H,3-4,12H2,1-2H3,(H,22,24)/t19-/m1/s1. The summed E-state index contributed by atoms with van der Waals surface area (Å²) in [6.07, 6.45) is 3.41. The van der Waals surface area contributed by atoms with Gasteiger partial charge in [0.25, 0.3) is 5.56 Å². The van der Waals surface area contributed by atoms with E-state index in [4.69, 9.17) is 0 Å². The van der Waals surface area contributed by atoms with Gasteiger partial charge in [0.05, 0.1) is 23.3 Å². The van der Waals surface area contributed by atoms with Gasteiger partial charge in [-0.15, -0.1) is 11.3 Å². The van der Waals surface area contributed by atoms with Gasteiger partial charge in [-0.2, -0.15) is 0 Å². The molecule has 26 heavy (non-hydrogen) atoms. The maximum absolute atomic E-state index is 12.6. The summed E-state index contributed by atoms with van der Waals surface area (Å²) in [5.41, 5.74) is 0.448. The van der Waals surface area contributed by atoms with Gasteiger partial charge in [-0.1, -0.05) is 44.9 Å². The second kappa shape index (κ2) is 8.27. The maximum atomic E-state index is 12.6. The minimum absolute atomic E-state index is 0.0263. The number of nitrogens with zero attached hydrogens (tertiary/aromatic N) is 2. The number of thiophene rings is 1. The highest BCUT2D eigenvalue weighted by molar-refractivity contribution is 7.10. The molecular formula is C20H23N3O2S. The predicted octanol–water partition coefficient (Wildman–Crippen LogP) is 3.75. The first-order valence-corrected chi connectivity index (χ1v) is 9.79. The Morgan fingerprint density at radius 1 is 1.19 bits per heavy atom. The van der Waals surface area contributed by atoms with Crippen LogP contribution in [-0.4, -0.2) is 15.5 Å². The Morgan fingerprint density at radius 2 is 1.96 bits per heavy atom. The predicted molar refractivity (Wildman–Crippen MR) is 105 cm³/mol. The lowest BCUT2D eigenvalue weighted by atomic mass is 9.93. The molecule has 136 valence electrons. The van der Waals surface area contributed by atoms with Crippen molar-refractivity contribution in [1.29, 1.82) is 0 Å². The molecule has 0 unspecified atom stereocenters. The van der Waals surface area contributed by atoms with Gasteiger partial charge in [0.1, 0.15) is 6.54 Å². The lowest BCUT2D eigenvalue weighted by Gasteiger charge is -2.25. The van der Waals surface area contributed by atoms with E-state index in [1.54, 1.807) is 29.5 Å². The Morgan fingerprint density at radius 3 is 2.65 bits per heavy atom. The van der Waals surface area contributed by atoms with Crippen LogP contribution in [0.25, 0.3) is 10.9 Å². The summed E-state index contributed by atoms with van der Waals surface area (Å²) in [5, 5.41) is 5.68. The van der Waals surface area contributed by atoms with Crippen molar-refractivity contribution in [1.82, 2.24) is 14.9 Å². The number of para-hydroxylation sites is 1. The van der Waals surface area contributed by atoms with Gasteiger partial charge in [-0.25, -0.2) is 4.98 Å². The van der Waals surface area contributed by atoms with Gasteiger partial charge in [0.15, 0.2) is 0 Å². The van der Waals surface area contributed by atoms with Crippen molar-refractivity contribution in [3.8, 4) is 0 Å². The number of benzene rings is 1. The van der Waals surface area contributed by atoms with E-state index in [1.807, 2.05) is 17.5 Å². The van der Waals surface area contributed by atoms with Crippen molar-refractivity contribution >= 4 is 28.1 Å². The monoisotopic (exact) mass is 369 g/mol. The van der Waals surface area contributed by atoms with Crippen molar-refractivity contribution in [3.05, 3.63) is 63.3 Å². The van der Waals surface area contributed by atoms with Crippen molar-refractivity contribution in [2.24, 2.45) is 5.92 Å². The number of carbonyl (C=O) groups excluding carboxylic acids is 1. The summed E-state index contributed by atoms with van der Waals surface area (Å²) in [6.45, 7) is 4.25. The van der Waals surface area contributed by atoms with Gasteiger partial charge in [-0.3, -0.25) is 14.2 Å². The molecule has 1 N–H and O–H groups in total. The third kappa shape index (κ3) is 3.85. The second-order valence-electron chi connectivity index (χ2n) is 6.33. The summed E-state index contributed by atoms with van der Waals surface area (Å²) < 4.78 is 1.37. The van der Waals surface area contributed by atoms with E-state index in [9.17, 15) is 9.59 Å². The van der Waals surface area contributed by atoms with Crippen LogP contribution in [0.5, 0.6) is 0 Å². The minimum Gasteiger partial charge on any atom is -0.347 e. The van der Waals surface area contributed by atoms with Crippen LogP contribution in [0.1, 0.15) is 37.6 Å². The normalized spacial score (nSPS) is 12.4. The van der Waals surface area contributed by atoms with Gasteiger partial charge in [0, 0.05) is 4.88 Å². The summed E-state index contributed by atoms with van der Waals surface area (Å²) in [6, 6.07) is 11.2. The zero-order chi connectivity index (χ0) is 18.5. The lowest BCUT2D eigenvalue weighted by Crippen LogP contribution is -2.37. The Kier molecular flexibility index (Phi) is 5.83. The molecule has 1 aromatic carbocycles. The number of rotatable bonds is 7. The number of amides is 1. The first-order valence-electron chi connectivity index (χ1n) is 8.91. The van der Waals surface area contributed by atoms with Crippen LogP contribution in [0.4, 0.5) is 0 Å². The van der Waals surface area contributed by atoms with Gasteiger partial charge < -0.3 is 5.32 Å². The van der Waals surface area contributed by atoms with Gasteiger partial charge in [0.2, 0.25) is 5.91 Å². The van der Waals surface area contributed by atoms with Crippen LogP contribution in [0.2, 0.25) is 0 Å². The smallest absolute Gasteiger partial charge is 0.261 e. The number of hydrogen-bond acceptors (Lipinski definition) is 4. The first kappa shape index (κ1) is 18.3. The van der Waals surface area contributed by atoms with Crippen LogP contribution in [0.15, 0.2) is 52.9 Å². The van der Waals surface area contributed by atoms with E-state index in [0.717, 1.165) is 17.7 Å². The van der Waals surface area contributed by atoms with Crippen molar-refractivity contribution in [3.63, 3.8) is 0 Å². The molecule has 0 aliphatic carbocycles.